The lowest BCUT2D eigenvalue weighted by Crippen LogP contribution is -2.63. The Morgan fingerprint density at radius 1 is 0.552 bits per heavy atom. The molecule has 0 saturated carbocycles. The number of methoxy groups -OCH3 is 3. The number of carbonyl (C=O) groups is 6. The zero-order valence-corrected chi connectivity index (χ0v) is 54.7. The van der Waals surface area contributed by atoms with Gasteiger partial charge in [0.1, 0.15) is 42.5 Å². The fourth-order valence-corrected chi connectivity index (χ4v) is 11.4. The number of aliphatic hydroxyl groups is 2. The van der Waals surface area contributed by atoms with Crippen molar-refractivity contribution in [3.05, 3.63) is 35.9 Å². The maximum atomic E-state index is 14.6. The number of hydrogen-bond donors (Lipinski definition) is 6. The second-order valence-electron chi connectivity index (χ2n) is 24.2. The zero-order chi connectivity index (χ0) is 64.1. The molecule has 2 fully saturated rings. The molecule has 21 nitrogen and oxygen atoms in total. The molecule has 500 valence electrons. The Morgan fingerprint density at radius 2 is 1.02 bits per heavy atom. The van der Waals surface area contributed by atoms with Crippen LogP contribution in [-0.4, -0.2) is 172 Å². The second kappa shape index (κ2) is 44.2. The fraction of sp³-hybridized carbons (Fsp3) is 0.818. The van der Waals surface area contributed by atoms with Gasteiger partial charge in [0.25, 0.3) is 0 Å². The summed E-state index contributed by atoms with van der Waals surface area (Å²) in [7, 11) is 4.49. The summed E-state index contributed by atoms with van der Waals surface area (Å²) in [5, 5.41) is 33.5. The van der Waals surface area contributed by atoms with Gasteiger partial charge in [-0.05, 0) is 46.6 Å². The largest absolute Gasteiger partial charge is 0.456 e. The van der Waals surface area contributed by atoms with E-state index < -0.39 is 133 Å². The van der Waals surface area contributed by atoms with Crippen LogP contribution in [0.15, 0.2) is 30.3 Å². The van der Waals surface area contributed by atoms with E-state index in [1.54, 1.807) is 45.2 Å². The number of aliphatic hydroxyl groups excluding tert-OH is 2. The van der Waals surface area contributed by atoms with Crippen LogP contribution in [0.3, 0.4) is 0 Å². The molecule has 0 bridgehead atoms. The average molecular weight is 1240 g/mol. The van der Waals surface area contributed by atoms with Gasteiger partial charge in [0.05, 0.1) is 37.4 Å². The molecule has 3 rings (SSSR count). The molecule has 87 heavy (non-hydrogen) atoms. The van der Waals surface area contributed by atoms with Crippen LogP contribution in [-0.2, 0) is 77.8 Å². The monoisotopic (exact) mass is 1230 g/mol. The van der Waals surface area contributed by atoms with Gasteiger partial charge in [-0.3, -0.25) is 28.8 Å². The molecular weight excluding hydrogens is 1120 g/mol. The molecule has 2 aliphatic heterocycles. The van der Waals surface area contributed by atoms with Gasteiger partial charge in [-0.2, -0.15) is 0 Å². The van der Waals surface area contributed by atoms with Gasteiger partial charge < -0.3 is 74.1 Å². The summed E-state index contributed by atoms with van der Waals surface area (Å²) < 4.78 is 51.3. The molecule has 0 radical (unpaired) electrons. The summed E-state index contributed by atoms with van der Waals surface area (Å²) in [5.41, 5.74) is 0.711. The molecule has 6 N–H and O–H groups in total. The normalized spacial score (nSPS) is 24.1. The molecule has 2 heterocycles. The SMILES string of the molecule is CCCCCCCCCCCCCCCCCCCCCCCCCC(CC(=O)N[C@H](Cc1ccccc1)C(=O)N[C@@H](C(=O)N[C@H](C)C(=O)N[C@@H](C)CO[C@@H]1O[C@@H](C)[C@H](OC)[C@@H](OC)[C@H]1O)[C@@H](C)O[C@@H]1O[C@@H](C)[C@@H](OC(C)=O)[C@@H](OC(C)=O)[C@H]1O)OC. The van der Waals surface area contributed by atoms with Gasteiger partial charge in [-0.25, -0.2) is 0 Å². The second-order valence-corrected chi connectivity index (χ2v) is 24.2. The van der Waals surface area contributed by atoms with E-state index in [-0.39, 0.29) is 19.4 Å². The molecule has 0 aromatic heterocycles. The third-order valence-corrected chi connectivity index (χ3v) is 16.5. The van der Waals surface area contributed by atoms with Crippen molar-refractivity contribution in [3.8, 4) is 0 Å². The maximum Gasteiger partial charge on any atom is 0.303 e. The standard InChI is InChI=1S/C66H114N4O17/c1-12-13-14-15-16-17-18-19-20-21-22-23-24-25-26-27-28-29-30-31-32-33-37-40-52(79-9)42-54(73)69-53(41-51-38-35-34-36-39-51)63(77)70-55(46(4)83-66-57(75)61(87-50(8)72)59(48(6)85-66)86-49(7)71)64(78)68-45(3)62(76)67-44(2)43-82-65-56(74)60(81-11)58(80-10)47(5)84-65/h34-36,38-39,44-48,52-53,55-61,65-66,74-75H,12-33,37,40-43H2,1-11H3,(H,67,76)(H,68,78)(H,69,73)(H,70,77)/t44-,45+,46+,47-,48-,52?,53+,55+,56+,57+,58-,59+,60-,61-,65+,66+/m0/s1. The van der Waals surface area contributed by atoms with Crippen LogP contribution in [0.4, 0.5) is 0 Å². The van der Waals surface area contributed by atoms with Crippen molar-refractivity contribution in [2.24, 2.45) is 0 Å². The van der Waals surface area contributed by atoms with Crippen LogP contribution < -0.4 is 21.3 Å². The molecule has 0 aliphatic carbocycles. The predicted octanol–water partition coefficient (Wildman–Crippen LogP) is 8.52. The third-order valence-electron chi connectivity index (χ3n) is 16.5. The van der Waals surface area contributed by atoms with Crippen molar-refractivity contribution in [2.75, 3.05) is 27.9 Å². The van der Waals surface area contributed by atoms with Gasteiger partial charge in [0.2, 0.25) is 23.6 Å². The van der Waals surface area contributed by atoms with Gasteiger partial charge in [0.15, 0.2) is 24.8 Å². The number of unbranched alkanes of at least 4 members (excludes halogenated alkanes) is 22. The van der Waals surface area contributed by atoms with E-state index in [9.17, 15) is 39.0 Å². The number of amides is 4. The van der Waals surface area contributed by atoms with Crippen LogP contribution >= 0.6 is 0 Å². The van der Waals surface area contributed by atoms with E-state index in [4.69, 9.17) is 42.6 Å². The quantitative estimate of drug-likeness (QED) is 0.0264. The fourth-order valence-electron chi connectivity index (χ4n) is 11.4. The summed E-state index contributed by atoms with van der Waals surface area (Å²) in [4.78, 5) is 81.0. The number of carbonyl (C=O) groups excluding carboxylic acids is 6. The summed E-state index contributed by atoms with van der Waals surface area (Å²) >= 11 is 0. The van der Waals surface area contributed by atoms with E-state index in [1.807, 2.05) is 6.07 Å². The van der Waals surface area contributed by atoms with Crippen molar-refractivity contribution in [2.45, 2.75) is 320 Å². The first-order chi connectivity index (χ1) is 41.7. The highest BCUT2D eigenvalue weighted by atomic mass is 16.7. The van der Waals surface area contributed by atoms with Crippen LogP contribution in [0.25, 0.3) is 0 Å². The zero-order valence-electron chi connectivity index (χ0n) is 54.7. The number of rotatable bonds is 46. The molecule has 16 atom stereocenters. The van der Waals surface area contributed by atoms with E-state index in [1.165, 1.54) is 163 Å². The first-order valence-corrected chi connectivity index (χ1v) is 32.9. The van der Waals surface area contributed by atoms with E-state index in [0.29, 0.717) is 12.0 Å². The Kier molecular flexibility index (Phi) is 39.1. The molecule has 4 amide bonds. The summed E-state index contributed by atoms with van der Waals surface area (Å²) in [5.74, 6) is -4.24. The Balaban J connectivity index is 1.60. The molecule has 2 aliphatic rings. The highest BCUT2D eigenvalue weighted by molar-refractivity contribution is 5.94. The first-order valence-electron chi connectivity index (χ1n) is 32.9. The average Bonchev–Trinajstić information content (AvgIpc) is 2.31. The third kappa shape index (κ3) is 29.9. The van der Waals surface area contributed by atoms with Gasteiger partial charge in [-0.1, -0.05) is 185 Å². The van der Waals surface area contributed by atoms with Crippen molar-refractivity contribution >= 4 is 35.6 Å². The highest BCUT2D eigenvalue weighted by Gasteiger charge is 2.50. The lowest BCUT2D eigenvalue weighted by molar-refractivity contribution is -0.307. The topological polar surface area (TPSA) is 274 Å². The van der Waals surface area contributed by atoms with Crippen molar-refractivity contribution in [1.29, 1.82) is 0 Å². The smallest absolute Gasteiger partial charge is 0.303 e. The van der Waals surface area contributed by atoms with Crippen LogP contribution in [0, 0.1) is 0 Å². The van der Waals surface area contributed by atoms with Gasteiger partial charge in [-0.15, -0.1) is 0 Å². The number of nitrogens with one attached hydrogen (secondary N) is 4. The maximum absolute atomic E-state index is 14.6. The molecule has 0 spiro atoms. The van der Waals surface area contributed by atoms with Gasteiger partial charge >= 0.3 is 11.9 Å². The minimum absolute atomic E-state index is 0.0177. The molecule has 2 saturated heterocycles. The van der Waals surface area contributed by atoms with Crippen molar-refractivity contribution in [1.82, 2.24) is 21.3 Å². The molecule has 1 aromatic rings. The first kappa shape index (κ1) is 76.9. The Hall–Kier alpha value is -4.32. The minimum Gasteiger partial charge on any atom is -0.456 e. The Morgan fingerprint density at radius 3 is 1.52 bits per heavy atom. The van der Waals surface area contributed by atoms with Crippen LogP contribution in [0.5, 0.6) is 0 Å². The molecular formula is C66H114N4O17. The van der Waals surface area contributed by atoms with E-state index in [2.05, 4.69) is 28.2 Å². The molecule has 1 unspecified atom stereocenters. The number of hydrogen-bond acceptors (Lipinski definition) is 17. The summed E-state index contributed by atoms with van der Waals surface area (Å²) in [6.45, 7) is 12.2. The number of ether oxygens (including phenoxy) is 9. The van der Waals surface area contributed by atoms with Crippen LogP contribution in [0.1, 0.15) is 221 Å². The minimum atomic E-state index is -1.75. The van der Waals surface area contributed by atoms with Crippen molar-refractivity contribution in [3.63, 3.8) is 0 Å². The number of esters is 2. The van der Waals surface area contributed by atoms with E-state index in [0.717, 1.165) is 33.1 Å². The lowest BCUT2D eigenvalue weighted by atomic mass is 9.99. The summed E-state index contributed by atoms with van der Waals surface area (Å²) in [6, 6.07) is 4.31. The lowest BCUT2D eigenvalue weighted by Gasteiger charge is -2.43. The molecule has 1 aromatic carbocycles. The van der Waals surface area contributed by atoms with Crippen molar-refractivity contribution < 1.29 is 81.6 Å². The Bertz CT molecular complexity index is 2070. The predicted molar refractivity (Wildman–Crippen MR) is 331 cm³/mol. The molecule has 21 heteroatoms. The highest BCUT2D eigenvalue weighted by Crippen LogP contribution is 2.29. The van der Waals surface area contributed by atoms with Gasteiger partial charge in [0, 0.05) is 47.6 Å². The summed E-state index contributed by atoms with van der Waals surface area (Å²) in [6.07, 6.45) is 17.8. The van der Waals surface area contributed by atoms with E-state index >= 15 is 0 Å². The number of benzene rings is 1. The Labute approximate surface area is 520 Å². The van der Waals surface area contributed by atoms with Crippen LogP contribution in [0.2, 0.25) is 0 Å².